The molecule has 1 aliphatic rings. The van der Waals surface area contributed by atoms with E-state index in [9.17, 15) is 4.79 Å². The summed E-state index contributed by atoms with van der Waals surface area (Å²) in [6, 6.07) is 15.3. The average Bonchev–Trinajstić information content (AvgIpc) is 2.90. The number of hydrogen-bond donors (Lipinski definition) is 2. The number of nitrogens with one attached hydrogen (secondary N) is 1. The molecule has 0 fully saturated rings. The van der Waals surface area contributed by atoms with Crippen LogP contribution in [0.4, 0.5) is 0 Å². The van der Waals surface area contributed by atoms with E-state index in [1.807, 2.05) is 48.5 Å². The summed E-state index contributed by atoms with van der Waals surface area (Å²) in [5.74, 6) is -0.161. The van der Waals surface area contributed by atoms with Gasteiger partial charge in [-0.25, -0.2) is 0 Å². The molecule has 0 heterocycles. The zero-order valence-corrected chi connectivity index (χ0v) is 13.2. The molecule has 3 rings (SSSR count). The molecule has 2 aromatic carbocycles. The van der Waals surface area contributed by atoms with Crippen LogP contribution in [-0.4, -0.2) is 5.91 Å². The minimum absolute atomic E-state index is 0.00588. The minimum Gasteiger partial charge on any atom is -0.347 e. The highest BCUT2D eigenvalue weighted by molar-refractivity contribution is 6.30. The van der Waals surface area contributed by atoms with Gasteiger partial charge in [0.15, 0.2) is 0 Å². The van der Waals surface area contributed by atoms with Gasteiger partial charge in [-0.2, -0.15) is 0 Å². The smallest absolute Gasteiger partial charge is 0.244 e. The predicted molar refractivity (Wildman–Crippen MR) is 88.6 cm³/mol. The number of aryl methyl sites for hydroxylation is 1. The molecule has 2 aromatic rings. The lowest BCUT2D eigenvalue weighted by Gasteiger charge is -2.26. The number of carbonyl (C=O) groups is 1. The predicted octanol–water partition coefficient (Wildman–Crippen LogP) is 3.32. The van der Waals surface area contributed by atoms with Gasteiger partial charge in [-0.05, 0) is 48.6 Å². The highest BCUT2D eigenvalue weighted by Crippen LogP contribution is 2.33. The number of carbonyl (C=O) groups excluding carboxylic acids is 1. The van der Waals surface area contributed by atoms with Gasteiger partial charge in [0.1, 0.15) is 5.54 Å². The first kappa shape index (κ1) is 15.1. The molecule has 0 spiro atoms. The van der Waals surface area contributed by atoms with Crippen LogP contribution >= 0.6 is 11.6 Å². The van der Waals surface area contributed by atoms with Crippen LogP contribution in [0.1, 0.15) is 36.1 Å². The molecule has 1 aliphatic carbocycles. The fraction of sp³-hybridized carbons (Fsp3) is 0.278. The van der Waals surface area contributed by atoms with E-state index in [1.165, 1.54) is 5.56 Å². The number of nitrogens with two attached hydrogens (primary N) is 1. The summed E-state index contributed by atoms with van der Waals surface area (Å²) < 4.78 is 0. The Morgan fingerprint density at radius 3 is 2.73 bits per heavy atom. The molecule has 0 bridgehead atoms. The van der Waals surface area contributed by atoms with E-state index in [-0.39, 0.29) is 11.9 Å². The molecular weight excluding hydrogens is 296 g/mol. The second kappa shape index (κ2) is 5.75. The van der Waals surface area contributed by atoms with Gasteiger partial charge in [-0.1, -0.05) is 48.0 Å². The van der Waals surface area contributed by atoms with Crippen molar-refractivity contribution in [1.82, 2.24) is 5.32 Å². The molecule has 2 atom stereocenters. The van der Waals surface area contributed by atoms with Crippen LogP contribution in [0.15, 0.2) is 48.5 Å². The molecule has 3 nitrogen and oxygen atoms in total. The summed E-state index contributed by atoms with van der Waals surface area (Å²) in [5, 5.41) is 3.82. The van der Waals surface area contributed by atoms with Crippen LogP contribution in [0.3, 0.4) is 0 Å². The van der Waals surface area contributed by atoms with Crippen molar-refractivity contribution in [1.29, 1.82) is 0 Å². The van der Waals surface area contributed by atoms with Crippen LogP contribution in [-0.2, 0) is 16.8 Å². The van der Waals surface area contributed by atoms with Crippen LogP contribution in [0.2, 0.25) is 5.02 Å². The monoisotopic (exact) mass is 314 g/mol. The number of fused-ring (bicyclic) bond motifs is 1. The summed E-state index contributed by atoms with van der Waals surface area (Å²) in [6.07, 6.45) is 1.81. The molecular formula is C18H19ClN2O. The van der Waals surface area contributed by atoms with Gasteiger partial charge >= 0.3 is 0 Å². The fourth-order valence-electron chi connectivity index (χ4n) is 2.96. The standard InChI is InChI=1S/C18H19ClN2O/c1-18(20,13-5-3-2-4-6-13)17(22)21-16-10-7-12-11-14(19)8-9-15(12)16/h2-6,8-9,11,16H,7,10,20H2,1H3,(H,21,22). The average molecular weight is 315 g/mol. The van der Waals surface area contributed by atoms with Crippen molar-refractivity contribution < 1.29 is 4.79 Å². The van der Waals surface area contributed by atoms with E-state index in [0.717, 1.165) is 29.0 Å². The van der Waals surface area contributed by atoms with Crippen LogP contribution in [0, 0.1) is 0 Å². The normalized spacial score (nSPS) is 19.3. The molecule has 1 amide bonds. The van der Waals surface area contributed by atoms with Gasteiger partial charge in [0, 0.05) is 5.02 Å². The van der Waals surface area contributed by atoms with E-state index in [1.54, 1.807) is 6.92 Å². The van der Waals surface area contributed by atoms with E-state index >= 15 is 0 Å². The maximum Gasteiger partial charge on any atom is 0.244 e. The van der Waals surface area contributed by atoms with Crippen molar-refractivity contribution in [2.75, 3.05) is 0 Å². The molecule has 3 N–H and O–H groups in total. The maximum absolute atomic E-state index is 12.6. The Kier molecular flexibility index (Phi) is 3.94. The molecule has 2 unspecified atom stereocenters. The van der Waals surface area contributed by atoms with Crippen LogP contribution in [0.5, 0.6) is 0 Å². The molecule has 22 heavy (non-hydrogen) atoms. The fourth-order valence-corrected chi connectivity index (χ4v) is 3.15. The number of amides is 1. The van der Waals surface area contributed by atoms with Crippen LogP contribution in [0.25, 0.3) is 0 Å². The third-order valence-corrected chi connectivity index (χ3v) is 4.57. The largest absolute Gasteiger partial charge is 0.347 e. The van der Waals surface area contributed by atoms with Gasteiger partial charge in [-0.15, -0.1) is 0 Å². The molecule has 0 aliphatic heterocycles. The van der Waals surface area contributed by atoms with Crippen molar-refractivity contribution in [2.24, 2.45) is 5.73 Å². The number of hydrogen-bond acceptors (Lipinski definition) is 2. The number of halogens is 1. The third kappa shape index (κ3) is 2.74. The lowest BCUT2D eigenvalue weighted by atomic mass is 9.91. The topological polar surface area (TPSA) is 55.1 Å². The second-order valence-corrected chi connectivity index (χ2v) is 6.41. The molecule has 0 aromatic heterocycles. The lowest BCUT2D eigenvalue weighted by molar-refractivity contribution is -0.126. The summed E-state index contributed by atoms with van der Waals surface area (Å²) in [7, 11) is 0. The second-order valence-electron chi connectivity index (χ2n) is 5.98. The van der Waals surface area contributed by atoms with Crippen molar-refractivity contribution in [3.63, 3.8) is 0 Å². The summed E-state index contributed by atoms with van der Waals surface area (Å²) in [4.78, 5) is 12.6. The molecule has 0 saturated heterocycles. The Hall–Kier alpha value is -1.84. The Morgan fingerprint density at radius 1 is 1.27 bits per heavy atom. The number of rotatable bonds is 3. The van der Waals surface area contributed by atoms with E-state index in [0.29, 0.717) is 0 Å². The van der Waals surface area contributed by atoms with E-state index in [2.05, 4.69) is 5.32 Å². The number of benzene rings is 2. The van der Waals surface area contributed by atoms with Crippen molar-refractivity contribution in [3.8, 4) is 0 Å². The Bertz CT molecular complexity index is 697. The van der Waals surface area contributed by atoms with Gasteiger partial charge in [0.2, 0.25) is 5.91 Å². The van der Waals surface area contributed by atoms with Crippen LogP contribution < -0.4 is 11.1 Å². The van der Waals surface area contributed by atoms with Crippen molar-refractivity contribution in [3.05, 3.63) is 70.2 Å². The third-order valence-electron chi connectivity index (χ3n) is 4.33. The Morgan fingerprint density at radius 2 is 2.00 bits per heavy atom. The van der Waals surface area contributed by atoms with E-state index in [4.69, 9.17) is 17.3 Å². The molecule has 4 heteroatoms. The first-order valence-electron chi connectivity index (χ1n) is 7.42. The molecule has 114 valence electrons. The van der Waals surface area contributed by atoms with Gasteiger partial charge in [-0.3, -0.25) is 4.79 Å². The first-order valence-corrected chi connectivity index (χ1v) is 7.80. The Labute approximate surface area is 135 Å². The van der Waals surface area contributed by atoms with Gasteiger partial charge in [0.25, 0.3) is 0 Å². The zero-order chi connectivity index (χ0) is 15.7. The van der Waals surface area contributed by atoms with Crippen molar-refractivity contribution in [2.45, 2.75) is 31.3 Å². The minimum atomic E-state index is -1.05. The van der Waals surface area contributed by atoms with Crippen molar-refractivity contribution >= 4 is 17.5 Å². The lowest BCUT2D eigenvalue weighted by Crippen LogP contribution is -2.49. The zero-order valence-electron chi connectivity index (χ0n) is 12.5. The maximum atomic E-state index is 12.6. The summed E-state index contributed by atoms with van der Waals surface area (Å²) in [6.45, 7) is 1.75. The molecule has 0 saturated carbocycles. The molecule has 0 radical (unpaired) electrons. The van der Waals surface area contributed by atoms with Gasteiger partial charge in [0.05, 0.1) is 6.04 Å². The highest BCUT2D eigenvalue weighted by atomic mass is 35.5. The summed E-state index contributed by atoms with van der Waals surface area (Å²) >= 11 is 6.02. The van der Waals surface area contributed by atoms with E-state index < -0.39 is 5.54 Å². The quantitative estimate of drug-likeness (QED) is 0.913. The van der Waals surface area contributed by atoms with Gasteiger partial charge < -0.3 is 11.1 Å². The summed E-state index contributed by atoms with van der Waals surface area (Å²) in [5.41, 5.74) is 8.38. The first-order chi connectivity index (χ1) is 10.5. The Balaban J connectivity index is 1.79. The SMILES string of the molecule is CC(N)(C(=O)NC1CCc2cc(Cl)ccc21)c1ccccc1. The highest BCUT2D eigenvalue weighted by Gasteiger charge is 2.33.